The summed E-state index contributed by atoms with van der Waals surface area (Å²) in [7, 11) is -6.88. The molecule has 1 atom stereocenters. The maximum absolute atomic E-state index is 12.4. The Kier molecular flexibility index (Phi) is 5.79. The summed E-state index contributed by atoms with van der Waals surface area (Å²) >= 11 is 0. The Labute approximate surface area is 131 Å². The third kappa shape index (κ3) is 3.95. The Morgan fingerprint density at radius 2 is 1.67 bits per heavy atom. The average Bonchev–Trinajstić information content (AvgIpc) is 2.87. The molecule has 0 aliphatic carbocycles. The molecule has 0 radical (unpaired) electrons. The molecule has 120 valence electrons. The zero-order chi connectivity index (χ0) is 15.0. The van der Waals surface area contributed by atoms with Gasteiger partial charge in [0.15, 0.2) is 9.84 Å². The molecule has 2 rings (SSSR count). The van der Waals surface area contributed by atoms with Crippen LogP contribution in [0.3, 0.4) is 0 Å². The van der Waals surface area contributed by atoms with E-state index in [2.05, 4.69) is 0 Å². The Balaban J connectivity index is 0.00000220. The van der Waals surface area contributed by atoms with E-state index in [9.17, 15) is 16.8 Å². The Hall–Kier alpha value is -0.670. The van der Waals surface area contributed by atoms with Crippen molar-refractivity contribution in [3.05, 3.63) is 24.3 Å². The number of rotatable bonds is 4. The van der Waals surface area contributed by atoms with Crippen molar-refractivity contribution in [1.82, 2.24) is 4.31 Å². The minimum absolute atomic E-state index is 0. The van der Waals surface area contributed by atoms with Gasteiger partial charge in [-0.15, -0.1) is 12.4 Å². The lowest BCUT2D eigenvalue weighted by atomic mass is 10.1. The van der Waals surface area contributed by atoms with E-state index in [0.717, 1.165) is 12.7 Å². The van der Waals surface area contributed by atoms with Gasteiger partial charge in [0.05, 0.1) is 9.79 Å². The number of sulfone groups is 1. The zero-order valence-corrected chi connectivity index (χ0v) is 14.0. The summed E-state index contributed by atoms with van der Waals surface area (Å²) in [5, 5.41) is 0. The average molecular weight is 355 g/mol. The fourth-order valence-electron chi connectivity index (χ4n) is 2.22. The molecule has 1 fully saturated rings. The topological polar surface area (TPSA) is 97.5 Å². The lowest BCUT2D eigenvalue weighted by Gasteiger charge is -2.16. The van der Waals surface area contributed by atoms with E-state index in [1.807, 2.05) is 0 Å². The van der Waals surface area contributed by atoms with Crippen molar-refractivity contribution in [3.8, 4) is 0 Å². The number of hydrogen-bond acceptors (Lipinski definition) is 5. The first-order valence-corrected chi connectivity index (χ1v) is 9.58. The summed E-state index contributed by atoms with van der Waals surface area (Å²) in [6, 6.07) is 5.31. The van der Waals surface area contributed by atoms with Gasteiger partial charge in [0, 0.05) is 19.3 Å². The number of sulfonamides is 1. The van der Waals surface area contributed by atoms with Crippen molar-refractivity contribution in [2.75, 3.05) is 25.9 Å². The summed E-state index contributed by atoms with van der Waals surface area (Å²) in [5.41, 5.74) is 5.56. The van der Waals surface area contributed by atoms with Crippen molar-refractivity contribution in [2.45, 2.75) is 16.2 Å². The van der Waals surface area contributed by atoms with Crippen LogP contribution in [-0.2, 0) is 19.9 Å². The van der Waals surface area contributed by atoms with Gasteiger partial charge in [-0.05, 0) is 43.1 Å². The third-order valence-corrected chi connectivity index (χ3v) is 6.48. The van der Waals surface area contributed by atoms with Gasteiger partial charge >= 0.3 is 0 Å². The molecule has 0 aromatic heterocycles. The molecular weight excluding hydrogens is 336 g/mol. The molecule has 9 heteroatoms. The van der Waals surface area contributed by atoms with Gasteiger partial charge in [-0.25, -0.2) is 16.8 Å². The van der Waals surface area contributed by atoms with E-state index < -0.39 is 19.9 Å². The molecule has 21 heavy (non-hydrogen) atoms. The molecule has 6 nitrogen and oxygen atoms in total. The highest BCUT2D eigenvalue weighted by molar-refractivity contribution is 7.90. The van der Waals surface area contributed by atoms with E-state index >= 15 is 0 Å². The Morgan fingerprint density at radius 1 is 1.14 bits per heavy atom. The lowest BCUT2D eigenvalue weighted by molar-refractivity contribution is 0.459. The molecule has 1 saturated heterocycles. The normalized spacial score (nSPS) is 20.2. The van der Waals surface area contributed by atoms with Gasteiger partial charge < -0.3 is 5.73 Å². The van der Waals surface area contributed by atoms with Crippen LogP contribution < -0.4 is 5.73 Å². The van der Waals surface area contributed by atoms with E-state index in [4.69, 9.17) is 5.73 Å². The predicted octanol–water partition coefficient (Wildman–Crippen LogP) is 0.481. The highest BCUT2D eigenvalue weighted by Crippen LogP contribution is 2.24. The van der Waals surface area contributed by atoms with Crippen LogP contribution in [0, 0.1) is 5.92 Å². The van der Waals surface area contributed by atoms with Crippen molar-refractivity contribution < 1.29 is 16.8 Å². The number of hydrogen-bond donors (Lipinski definition) is 1. The van der Waals surface area contributed by atoms with E-state index in [1.54, 1.807) is 0 Å². The molecule has 2 N–H and O–H groups in total. The van der Waals surface area contributed by atoms with Gasteiger partial charge in [0.1, 0.15) is 0 Å². The first-order valence-electron chi connectivity index (χ1n) is 6.25. The third-order valence-electron chi connectivity index (χ3n) is 3.47. The van der Waals surface area contributed by atoms with Crippen LogP contribution in [0.5, 0.6) is 0 Å². The minimum Gasteiger partial charge on any atom is -0.330 e. The molecule has 1 heterocycles. The summed E-state index contributed by atoms with van der Waals surface area (Å²) in [5.74, 6) is 0.195. The van der Waals surface area contributed by atoms with Crippen LogP contribution in [0.15, 0.2) is 34.1 Å². The highest BCUT2D eigenvalue weighted by Gasteiger charge is 2.31. The Bertz CT molecular complexity index is 686. The van der Waals surface area contributed by atoms with E-state index in [0.29, 0.717) is 19.6 Å². The summed E-state index contributed by atoms with van der Waals surface area (Å²) in [4.78, 5) is 0.222. The standard InChI is InChI=1S/C12H18N2O4S2.ClH/c1-19(15,16)11-2-4-12(5-3-11)20(17,18)14-7-6-10(8-13)9-14;/h2-5,10H,6-9,13H2,1H3;1H. The van der Waals surface area contributed by atoms with Gasteiger partial charge in [-0.1, -0.05) is 0 Å². The van der Waals surface area contributed by atoms with Crippen LogP contribution in [0.2, 0.25) is 0 Å². The second-order valence-corrected chi connectivity index (χ2v) is 8.95. The summed E-state index contributed by atoms with van der Waals surface area (Å²) in [6.07, 6.45) is 1.85. The van der Waals surface area contributed by atoms with Crippen LogP contribution in [-0.4, -0.2) is 47.0 Å². The number of nitrogens with zero attached hydrogens (tertiary/aromatic N) is 1. The monoisotopic (exact) mass is 354 g/mol. The largest absolute Gasteiger partial charge is 0.330 e. The van der Waals surface area contributed by atoms with Crippen molar-refractivity contribution >= 4 is 32.3 Å². The smallest absolute Gasteiger partial charge is 0.243 e. The second-order valence-electron chi connectivity index (χ2n) is 5.00. The SMILES string of the molecule is CS(=O)(=O)c1ccc(S(=O)(=O)N2CCC(CN)C2)cc1.Cl. The Morgan fingerprint density at radius 3 is 2.10 bits per heavy atom. The molecule has 0 spiro atoms. The summed E-state index contributed by atoms with van der Waals surface area (Å²) < 4.78 is 48.9. The van der Waals surface area contributed by atoms with Gasteiger partial charge in [0.2, 0.25) is 10.0 Å². The molecular formula is C12H19ClN2O4S2. The molecule has 1 unspecified atom stereocenters. The maximum Gasteiger partial charge on any atom is 0.243 e. The second kappa shape index (κ2) is 6.62. The van der Waals surface area contributed by atoms with Crippen LogP contribution in [0.1, 0.15) is 6.42 Å². The van der Waals surface area contributed by atoms with Crippen molar-refractivity contribution in [2.24, 2.45) is 11.7 Å². The first-order chi connectivity index (χ1) is 9.25. The first kappa shape index (κ1) is 18.4. The van der Waals surface area contributed by atoms with E-state index in [-0.39, 0.29) is 28.1 Å². The molecule has 0 amide bonds. The molecule has 1 aliphatic heterocycles. The van der Waals surface area contributed by atoms with Crippen LogP contribution in [0.25, 0.3) is 0 Å². The fraction of sp³-hybridized carbons (Fsp3) is 0.500. The lowest BCUT2D eigenvalue weighted by Crippen LogP contribution is -2.30. The van der Waals surface area contributed by atoms with Crippen LogP contribution in [0.4, 0.5) is 0 Å². The maximum atomic E-state index is 12.4. The highest BCUT2D eigenvalue weighted by atomic mass is 35.5. The van der Waals surface area contributed by atoms with Crippen molar-refractivity contribution in [3.63, 3.8) is 0 Å². The van der Waals surface area contributed by atoms with Crippen molar-refractivity contribution in [1.29, 1.82) is 0 Å². The molecule has 1 aromatic carbocycles. The molecule has 1 aliphatic rings. The number of benzene rings is 1. The quantitative estimate of drug-likeness (QED) is 0.848. The van der Waals surface area contributed by atoms with Gasteiger partial charge in [-0.3, -0.25) is 0 Å². The molecule has 0 bridgehead atoms. The summed E-state index contributed by atoms with van der Waals surface area (Å²) in [6.45, 7) is 1.35. The van der Waals surface area contributed by atoms with E-state index in [1.165, 1.54) is 28.6 Å². The minimum atomic E-state index is -3.56. The number of halogens is 1. The zero-order valence-electron chi connectivity index (χ0n) is 11.6. The fourth-order valence-corrected chi connectivity index (χ4v) is 4.38. The number of nitrogens with two attached hydrogens (primary N) is 1. The van der Waals surface area contributed by atoms with Gasteiger partial charge in [-0.2, -0.15) is 4.31 Å². The molecule has 1 aromatic rings. The predicted molar refractivity (Wildman–Crippen MR) is 82.7 cm³/mol. The molecule has 0 saturated carbocycles. The van der Waals surface area contributed by atoms with Crippen LogP contribution >= 0.6 is 12.4 Å². The van der Waals surface area contributed by atoms with Gasteiger partial charge in [0.25, 0.3) is 0 Å².